The Labute approximate surface area is 169 Å². The van der Waals surface area contributed by atoms with Crippen molar-refractivity contribution in [1.29, 1.82) is 0 Å². The van der Waals surface area contributed by atoms with E-state index >= 15 is 0 Å². The lowest BCUT2D eigenvalue weighted by Gasteiger charge is -2.08. The number of hydrogen-bond donors (Lipinski definition) is 1. The van der Waals surface area contributed by atoms with E-state index in [2.05, 4.69) is 15.4 Å². The van der Waals surface area contributed by atoms with E-state index in [1.54, 1.807) is 18.2 Å². The predicted octanol–water partition coefficient (Wildman–Crippen LogP) is 3.72. The largest absolute Gasteiger partial charge is 0.350 e. The van der Waals surface area contributed by atoms with Gasteiger partial charge in [0, 0.05) is 18.2 Å². The summed E-state index contributed by atoms with van der Waals surface area (Å²) < 4.78 is 1.33. The molecule has 0 aliphatic carbocycles. The minimum absolute atomic E-state index is 0.235. The van der Waals surface area contributed by atoms with Crippen molar-refractivity contribution in [3.05, 3.63) is 67.0 Å². The summed E-state index contributed by atoms with van der Waals surface area (Å²) in [4.78, 5) is 29.6. The second-order valence-corrected chi connectivity index (χ2v) is 7.83. The minimum Gasteiger partial charge on any atom is -0.350 e. The van der Waals surface area contributed by atoms with E-state index in [1.165, 1.54) is 28.2 Å². The number of benzene rings is 1. The lowest BCUT2D eigenvalue weighted by Crippen LogP contribution is -2.31. The highest BCUT2D eigenvalue weighted by Crippen LogP contribution is 2.27. The summed E-state index contributed by atoms with van der Waals surface area (Å²) >= 11 is 13.3. The average molecular weight is 423 g/mol. The lowest BCUT2D eigenvalue weighted by atomic mass is 10.2. The maximum Gasteiger partial charge on any atom is 0.266 e. The van der Waals surface area contributed by atoms with Gasteiger partial charge in [-0.05, 0) is 38.1 Å². The quantitative estimate of drug-likeness (QED) is 0.679. The van der Waals surface area contributed by atoms with Crippen LogP contribution in [0.2, 0.25) is 10.0 Å². The number of nitrogens with zero attached hydrogens (tertiary/aromatic N) is 3. The van der Waals surface area contributed by atoms with E-state index in [9.17, 15) is 9.59 Å². The van der Waals surface area contributed by atoms with E-state index in [4.69, 9.17) is 23.2 Å². The normalized spacial score (nSPS) is 10.8. The first-order chi connectivity index (χ1) is 12.8. The maximum absolute atomic E-state index is 12.2. The number of amides is 1. The Bertz CT molecular complexity index is 1060. The Hall–Kier alpha value is -2.22. The maximum atomic E-state index is 12.2. The number of halogens is 2. The van der Waals surface area contributed by atoms with Crippen LogP contribution in [0.25, 0.3) is 10.6 Å². The van der Waals surface area contributed by atoms with Gasteiger partial charge in [0.1, 0.15) is 5.69 Å². The van der Waals surface area contributed by atoms with Crippen molar-refractivity contribution in [1.82, 2.24) is 20.1 Å². The molecule has 2 aromatic heterocycles. The van der Waals surface area contributed by atoms with Crippen LogP contribution in [-0.4, -0.2) is 27.2 Å². The van der Waals surface area contributed by atoms with Crippen LogP contribution in [0.5, 0.6) is 0 Å². The van der Waals surface area contributed by atoms with Crippen molar-refractivity contribution in [2.75, 3.05) is 6.54 Å². The molecule has 0 spiro atoms. The summed E-state index contributed by atoms with van der Waals surface area (Å²) in [6.07, 6.45) is 0. The molecule has 9 heteroatoms. The molecule has 1 aromatic carbocycles. The van der Waals surface area contributed by atoms with Crippen LogP contribution in [-0.2, 0) is 6.54 Å². The van der Waals surface area contributed by atoms with Gasteiger partial charge in [0.25, 0.3) is 11.5 Å². The fourth-order valence-corrected chi connectivity index (χ4v) is 3.70. The molecule has 27 heavy (non-hydrogen) atoms. The van der Waals surface area contributed by atoms with Crippen molar-refractivity contribution in [3.63, 3.8) is 0 Å². The van der Waals surface area contributed by atoms with E-state index in [1.807, 2.05) is 13.8 Å². The number of thiazole rings is 1. The molecule has 0 aliphatic rings. The summed E-state index contributed by atoms with van der Waals surface area (Å²) in [5.74, 6) is -0.299. The fourth-order valence-electron chi connectivity index (χ4n) is 2.51. The summed E-state index contributed by atoms with van der Waals surface area (Å²) in [6.45, 7) is 4.33. The molecule has 3 rings (SSSR count). The zero-order valence-corrected chi connectivity index (χ0v) is 17.0. The first kappa shape index (κ1) is 19.5. The first-order valence-corrected chi connectivity index (χ1v) is 9.68. The van der Waals surface area contributed by atoms with Crippen molar-refractivity contribution in [3.8, 4) is 10.6 Å². The van der Waals surface area contributed by atoms with Gasteiger partial charge in [-0.1, -0.05) is 23.2 Å². The summed E-state index contributed by atoms with van der Waals surface area (Å²) in [6, 6.07) is 7.81. The van der Waals surface area contributed by atoms with E-state index < -0.39 is 0 Å². The Morgan fingerprint density at radius 3 is 2.63 bits per heavy atom. The highest BCUT2D eigenvalue weighted by molar-refractivity contribution is 7.15. The molecule has 0 fully saturated rings. The van der Waals surface area contributed by atoms with Gasteiger partial charge in [0.05, 0.1) is 32.2 Å². The van der Waals surface area contributed by atoms with Gasteiger partial charge < -0.3 is 5.32 Å². The molecule has 3 aromatic rings. The van der Waals surface area contributed by atoms with Crippen molar-refractivity contribution in [2.45, 2.75) is 20.4 Å². The molecule has 6 nitrogen and oxygen atoms in total. The lowest BCUT2D eigenvalue weighted by molar-refractivity contribution is 0.0952. The third-order valence-corrected chi connectivity index (χ3v) is 5.63. The number of carbonyl (C=O) groups is 1. The molecule has 1 N–H and O–H groups in total. The van der Waals surface area contributed by atoms with Crippen molar-refractivity contribution < 1.29 is 4.79 Å². The van der Waals surface area contributed by atoms with E-state index in [-0.39, 0.29) is 24.6 Å². The Balaban J connectivity index is 1.70. The molecule has 0 radical (unpaired) electrons. The molecule has 0 atom stereocenters. The highest BCUT2D eigenvalue weighted by Gasteiger charge is 2.11. The second kappa shape index (κ2) is 8.21. The smallest absolute Gasteiger partial charge is 0.266 e. The van der Waals surface area contributed by atoms with Crippen molar-refractivity contribution >= 4 is 40.4 Å². The zero-order chi connectivity index (χ0) is 19.6. The molecular weight excluding hydrogens is 407 g/mol. The minimum atomic E-state index is -0.299. The molecule has 0 aliphatic heterocycles. The van der Waals surface area contributed by atoms with Gasteiger partial charge >= 0.3 is 0 Å². The third-order valence-electron chi connectivity index (χ3n) is 3.79. The SMILES string of the molecule is Cc1nc(C)c(-c2ccc(=O)n(CCNC(=O)c3ccc(Cl)c(Cl)c3)n2)s1. The molecular formula is C18H16Cl2N4O2S. The molecule has 2 heterocycles. The van der Waals surface area contributed by atoms with Gasteiger partial charge in [-0.25, -0.2) is 9.67 Å². The van der Waals surface area contributed by atoms with Crippen molar-refractivity contribution in [2.24, 2.45) is 0 Å². The molecule has 0 saturated heterocycles. The molecule has 140 valence electrons. The summed E-state index contributed by atoms with van der Waals surface area (Å²) in [5, 5.41) is 8.78. The Morgan fingerprint density at radius 1 is 1.19 bits per heavy atom. The fraction of sp³-hybridized carbons (Fsp3) is 0.222. The first-order valence-electron chi connectivity index (χ1n) is 8.11. The summed E-state index contributed by atoms with van der Waals surface area (Å²) in [5.41, 5.74) is 1.73. The molecule has 0 unspecified atom stereocenters. The number of hydrogen-bond acceptors (Lipinski definition) is 5. The van der Waals surface area contributed by atoms with Crippen LogP contribution >= 0.6 is 34.5 Å². The summed E-state index contributed by atoms with van der Waals surface area (Å²) in [7, 11) is 0. The van der Waals surface area contributed by atoms with Gasteiger partial charge in [-0.15, -0.1) is 11.3 Å². The molecule has 0 saturated carbocycles. The topological polar surface area (TPSA) is 76.9 Å². The monoisotopic (exact) mass is 422 g/mol. The zero-order valence-electron chi connectivity index (χ0n) is 14.6. The molecule has 0 bridgehead atoms. The Kier molecular flexibility index (Phi) is 5.94. The highest BCUT2D eigenvalue weighted by atomic mass is 35.5. The van der Waals surface area contributed by atoms with E-state index in [0.717, 1.165) is 15.6 Å². The van der Waals surface area contributed by atoms with Gasteiger partial charge in [0.2, 0.25) is 0 Å². The number of aryl methyl sites for hydroxylation is 2. The number of rotatable bonds is 5. The van der Waals surface area contributed by atoms with Gasteiger partial charge in [-0.3, -0.25) is 9.59 Å². The predicted molar refractivity (Wildman–Crippen MR) is 108 cm³/mol. The number of aromatic nitrogens is 3. The molecule has 1 amide bonds. The van der Waals surface area contributed by atoms with Crippen LogP contribution < -0.4 is 10.9 Å². The van der Waals surface area contributed by atoms with Crippen LogP contribution in [0.1, 0.15) is 21.1 Å². The third kappa shape index (κ3) is 4.55. The number of carbonyl (C=O) groups excluding carboxylic acids is 1. The van der Waals surface area contributed by atoms with Gasteiger partial charge in [0.15, 0.2) is 0 Å². The average Bonchev–Trinajstić information content (AvgIpc) is 2.97. The van der Waals surface area contributed by atoms with Crippen LogP contribution in [0.3, 0.4) is 0 Å². The van der Waals surface area contributed by atoms with E-state index in [0.29, 0.717) is 21.3 Å². The van der Waals surface area contributed by atoms with Gasteiger partial charge in [-0.2, -0.15) is 5.10 Å². The second-order valence-electron chi connectivity index (χ2n) is 5.81. The van der Waals surface area contributed by atoms with Crippen LogP contribution in [0, 0.1) is 13.8 Å². The van der Waals surface area contributed by atoms with Crippen LogP contribution in [0.15, 0.2) is 35.1 Å². The van der Waals surface area contributed by atoms with Crippen LogP contribution in [0.4, 0.5) is 0 Å². The standard InChI is InChI=1S/C18H16Cl2N4O2S/c1-10-17(27-11(2)22-10)15-5-6-16(25)24(23-15)8-7-21-18(26)12-3-4-13(19)14(20)9-12/h3-6,9H,7-8H2,1-2H3,(H,21,26). The Morgan fingerprint density at radius 2 is 1.96 bits per heavy atom. The number of nitrogens with one attached hydrogen (secondary N) is 1.